The Hall–Kier alpha value is -2.63. The zero-order valence-electron chi connectivity index (χ0n) is 13.8. The first-order chi connectivity index (χ1) is 11.6. The van der Waals surface area contributed by atoms with Gasteiger partial charge < -0.3 is 15.8 Å². The molecule has 0 unspecified atom stereocenters. The number of aromatic nitrogens is 2. The minimum Gasteiger partial charge on any atom is -0.473 e. The molecule has 3 rings (SSSR count). The van der Waals surface area contributed by atoms with Gasteiger partial charge in [0.1, 0.15) is 18.1 Å². The Morgan fingerprint density at radius 2 is 2.04 bits per heavy atom. The summed E-state index contributed by atoms with van der Waals surface area (Å²) in [4.78, 5) is 19.9. The lowest BCUT2D eigenvalue weighted by Crippen LogP contribution is -2.21. The molecule has 24 heavy (non-hydrogen) atoms. The minimum atomic E-state index is 0.00984. The molecule has 1 heterocycles. The third kappa shape index (κ3) is 3.82. The lowest BCUT2D eigenvalue weighted by Gasteiger charge is -2.23. The number of carbonyl (C=O) groups excluding carboxylic acids is 1. The fraction of sp³-hybridized carbons (Fsp3) is 0.389. The van der Waals surface area contributed by atoms with E-state index in [1.165, 1.54) is 32.5 Å². The van der Waals surface area contributed by atoms with E-state index in [9.17, 15) is 4.79 Å². The lowest BCUT2D eigenvalue weighted by atomic mass is 9.98. The second kappa shape index (κ2) is 7.29. The van der Waals surface area contributed by atoms with Crippen molar-refractivity contribution in [1.82, 2.24) is 9.97 Å². The number of rotatable bonds is 5. The zero-order chi connectivity index (χ0) is 16.9. The molecule has 126 valence electrons. The lowest BCUT2D eigenvalue weighted by molar-refractivity contribution is 0.101. The number of ketones is 1. The summed E-state index contributed by atoms with van der Waals surface area (Å²) in [5, 5.41) is 3.14. The van der Waals surface area contributed by atoms with Crippen LogP contribution >= 0.6 is 0 Å². The van der Waals surface area contributed by atoms with E-state index >= 15 is 0 Å². The summed E-state index contributed by atoms with van der Waals surface area (Å²) in [6, 6.07) is 7.21. The number of hydrogen-bond acceptors (Lipinski definition) is 6. The Morgan fingerprint density at radius 1 is 1.25 bits per heavy atom. The van der Waals surface area contributed by atoms with Crippen LogP contribution in [0.1, 0.15) is 49.4 Å². The van der Waals surface area contributed by atoms with Crippen molar-refractivity contribution in [2.75, 3.05) is 11.1 Å². The monoisotopic (exact) mass is 326 g/mol. The van der Waals surface area contributed by atoms with Gasteiger partial charge in [0.25, 0.3) is 0 Å². The first-order valence-electron chi connectivity index (χ1n) is 8.28. The van der Waals surface area contributed by atoms with Gasteiger partial charge in [-0.25, -0.2) is 4.98 Å². The van der Waals surface area contributed by atoms with Crippen molar-refractivity contribution in [2.24, 2.45) is 0 Å². The number of benzene rings is 1. The maximum absolute atomic E-state index is 11.5. The predicted octanol–water partition coefficient (Wildman–Crippen LogP) is 3.72. The summed E-state index contributed by atoms with van der Waals surface area (Å²) < 4.78 is 5.96. The van der Waals surface area contributed by atoms with E-state index in [2.05, 4.69) is 15.3 Å². The van der Waals surface area contributed by atoms with Crippen molar-refractivity contribution in [1.29, 1.82) is 0 Å². The summed E-state index contributed by atoms with van der Waals surface area (Å²) in [6.07, 6.45) is 7.30. The topological polar surface area (TPSA) is 90.1 Å². The van der Waals surface area contributed by atoms with Gasteiger partial charge in [-0.15, -0.1) is 0 Å². The molecule has 1 aromatic carbocycles. The van der Waals surface area contributed by atoms with E-state index in [1.807, 2.05) is 12.1 Å². The van der Waals surface area contributed by atoms with Gasteiger partial charge in [-0.3, -0.25) is 4.79 Å². The highest BCUT2D eigenvalue weighted by atomic mass is 16.5. The molecule has 0 aliphatic heterocycles. The van der Waals surface area contributed by atoms with Crippen molar-refractivity contribution >= 4 is 23.0 Å². The van der Waals surface area contributed by atoms with E-state index in [4.69, 9.17) is 10.5 Å². The van der Waals surface area contributed by atoms with E-state index in [-0.39, 0.29) is 11.9 Å². The normalized spacial score (nSPS) is 15.0. The molecule has 3 N–H and O–H groups in total. The smallest absolute Gasteiger partial charge is 0.242 e. The first-order valence-corrected chi connectivity index (χ1v) is 8.28. The molecular weight excluding hydrogens is 304 g/mol. The SMILES string of the molecule is CC(=O)c1cccc(Nc2ncnc(OC3CCCCC3)c2N)c1. The van der Waals surface area contributed by atoms with Gasteiger partial charge in [-0.05, 0) is 44.7 Å². The maximum Gasteiger partial charge on any atom is 0.242 e. The molecule has 6 nitrogen and oxygen atoms in total. The molecule has 2 aromatic rings. The highest BCUT2D eigenvalue weighted by molar-refractivity contribution is 5.95. The van der Waals surface area contributed by atoms with Gasteiger partial charge in [0, 0.05) is 11.3 Å². The Balaban J connectivity index is 1.77. The van der Waals surface area contributed by atoms with Crippen molar-refractivity contribution in [3.05, 3.63) is 36.2 Å². The second-order valence-corrected chi connectivity index (χ2v) is 6.08. The van der Waals surface area contributed by atoms with Crippen LogP contribution in [0.4, 0.5) is 17.2 Å². The minimum absolute atomic E-state index is 0.00984. The Morgan fingerprint density at radius 3 is 2.79 bits per heavy atom. The number of ether oxygens (including phenoxy) is 1. The maximum atomic E-state index is 11.5. The molecule has 1 aliphatic carbocycles. The predicted molar refractivity (Wildman–Crippen MR) is 93.7 cm³/mol. The number of hydrogen-bond donors (Lipinski definition) is 2. The Bertz CT molecular complexity index is 727. The van der Waals surface area contributed by atoms with Crippen LogP contribution < -0.4 is 15.8 Å². The van der Waals surface area contributed by atoms with Crippen LogP contribution in [-0.2, 0) is 0 Å². The number of carbonyl (C=O) groups is 1. The van der Waals surface area contributed by atoms with Crippen LogP contribution in [0.2, 0.25) is 0 Å². The zero-order valence-corrected chi connectivity index (χ0v) is 13.8. The standard InChI is InChI=1S/C18H22N4O2/c1-12(23)13-6-5-7-14(10-13)22-17-16(19)18(21-11-20-17)24-15-8-3-2-4-9-15/h5-7,10-11,15H,2-4,8-9,19H2,1H3,(H,20,21,22). The molecule has 0 saturated heterocycles. The van der Waals surface area contributed by atoms with Crippen molar-refractivity contribution in [3.8, 4) is 5.88 Å². The quantitative estimate of drug-likeness (QED) is 0.814. The Labute approximate surface area is 141 Å². The molecule has 0 atom stereocenters. The largest absolute Gasteiger partial charge is 0.473 e. The van der Waals surface area contributed by atoms with E-state index in [0.29, 0.717) is 22.9 Å². The van der Waals surface area contributed by atoms with Crippen molar-refractivity contribution in [2.45, 2.75) is 45.1 Å². The van der Waals surface area contributed by atoms with Crippen molar-refractivity contribution < 1.29 is 9.53 Å². The van der Waals surface area contributed by atoms with Gasteiger partial charge in [0.05, 0.1) is 0 Å². The van der Waals surface area contributed by atoms with Crippen LogP contribution in [-0.4, -0.2) is 21.9 Å². The van der Waals surface area contributed by atoms with Crippen LogP contribution in [0.25, 0.3) is 0 Å². The van der Waals surface area contributed by atoms with Crippen LogP contribution in [0.15, 0.2) is 30.6 Å². The number of nitrogens with zero attached hydrogens (tertiary/aromatic N) is 2. The van der Waals surface area contributed by atoms with E-state index < -0.39 is 0 Å². The summed E-state index contributed by atoms with van der Waals surface area (Å²) >= 11 is 0. The third-order valence-electron chi connectivity index (χ3n) is 4.21. The van der Waals surface area contributed by atoms with Crippen LogP contribution in [0.5, 0.6) is 5.88 Å². The average Bonchev–Trinajstić information content (AvgIpc) is 2.60. The first kappa shape index (κ1) is 16.2. The number of anilines is 3. The van der Waals surface area contributed by atoms with Gasteiger partial charge in [-0.2, -0.15) is 4.98 Å². The van der Waals surface area contributed by atoms with Gasteiger partial charge in [-0.1, -0.05) is 18.6 Å². The summed E-state index contributed by atoms with van der Waals surface area (Å²) in [5.41, 5.74) is 7.93. The number of Topliss-reactive ketones (excluding diaryl/α,β-unsaturated/α-hetero) is 1. The third-order valence-corrected chi connectivity index (χ3v) is 4.21. The Kier molecular flexibility index (Phi) is 4.93. The highest BCUT2D eigenvalue weighted by Gasteiger charge is 2.18. The molecule has 0 spiro atoms. The number of nitrogens with one attached hydrogen (secondary N) is 1. The molecule has 1 saturated carbocycles. The number of nitrogens with two attached hydrogens (primary N) is 1. The van der Waals surface area contributed by atoms with Crippen molar-refractivity contribution in [3.63, 3.8) is 0 Å². The van der Waals surface area contributed by atoms with Crippen LogP contribution in [0, 0.1) is 0 Å². The molecule has 6 heteroatoms. The summed E-state index contributed by atoms with van der Waals surface area (Å²) in [5.74, 6) is 0.911. The van der Waals surface area contributed by atoms with Gasteiger partial charge in [0.2, 0.25) is 5.88 Å². The second-order valence-electron chi connectivity index (χ2n) is 6.08. The summed E-state index contributed by atoms with van der Waals surface area (Å²) in [7, 11) is 0. The van der Waals surface area contributed by atoms with Gasteiger partial charge >= 0.3 is 0 Å². The molecule has 1 aliphatic rings. The average molecular weight is 326 g/mol. The molecule has 1 aromatic heterocycles. The van der Waals surface area contributed by atoms with Gasteiger partial charge in [0.15, 0.2) is 11.6 Å². The molecular formula is C18H22N4O2. The molecule has 0 bridgehead atoms. The van der Waals surface area contributed by atoms with E-state index in [1.54, 1.807) is 12.1 Å². The summed E-state index contributed by atoms with van der Waals surface area (Å²) in [6.45, 7) is 1.54. The van der Waals surface area contributed by atoms with E-state index in [0.717, 1.165) is 18.5 Å². The molecule has 0 radical (unpaired) electrons. The fourth-order valence-corrected chi connectivity index (χ4v) is 2.87. The molecule has 1 fully saturated rings. The molecule has 0 amide bonds. The number of nitrogen functional groups attached to an aromatic ring is 1. The van der Waals surface area contributed by atoms with Crippen LogP contribution in [0.3, 0.4) is 0 Å². The highest BCUT2D eigenvalue weighted by Crippen LogP contribution is 2.30. The fourth-order valence-electron chi connectivity index (χ4n) is 2.87.